The van der Waals surface area contributed by atoms with E-state index in [-0.39, 0.29) is 0 Å². The Morgan fingerprint density at radius 1 is 1.40 bits per heavy atom. The third-order valence-electron chi connectivity index (χ3n) is 4.19. The van der Waals surface area contributed by atoms with Gasteiger partial charge in [0.15, 0.2) is 0 Å². The van der Waals surface area contributed by atoms with Crippen molar-refractivity contribution in [1.82, 2.24) is 14.9 Å². The Balaban J connectivity index is 1.63. The van der Waals surface area contributed by atoms with Crippen molar-refractivity contribution in [2.45, 2.75) is 44.5 Å². The van der Waals surface area contributed by atoms with Gasteiger partial charge in [0.2, 0.25) is 0 Å². The number of imidazole rings is 1. The van der Waals surface area contributed by atoms with Gasteiger partial charge in [-0.1, -0.05) is 19.1 Å². The smallest absolute Gasteiger partial charge is 0.106 e. The van der Waals surface area contributed by atoms with Crippen LogP contribution >= 0.6 is 11.8 Å². The summed E-state index contributed by atoms with van der Waals surface area (Å²) in [4.78, 5) is 4.62. The molecule has 1 N–H and O–H groups in total. The molecular weight excluding hydrogens is 266 g/mol. The van der Waals surface area contributed by atoms with E-state index in [1.54, 1.807) is 0 Å². The van der Waals surface area contributed by atoms with Crippen molar-refractivity contribution in [3.05, 3.63) is 30.1 Å². The first-order valence-electron chi connectivity index (χ1n) is 7.52. The Morgan fingerprint density at radius 3 is 3.10 bits per heavy atom. The molecule has 0 radical (unpaired) electrons. The number of para-hydroxylation sites is 2. The number of aromatic nitrogens is 2. The van der Waals surface area contributed by atoms with Crippen LogP contribution in [0.2, 0.25) is 0 Å². The number of rotatable bonds is 4. The molecule has 3 rings (SSSR count). The van der Waals surface area contributed by atoms with Gasteiger partial charge < -0.3 is 9.88 Å². The van der Waals surface area contributed by atoms with Gasteiger partial charge >= 0.3 is 0 Å². The molecule has 2 atom stereocenters. The highest BCUT2D eigenvalue weighted by Crippen LogP contribution is 2.25. The molecule has 0 aliphatic carbocycles. The van der Waals surface area contributed by atoms with Crippen LogP contribution in [0.4, 0.5) is 0 Å². The molecule has 0 bridgehead atoms. The zero-order chi connectivity index (χ0) is 13.9. The van der Waals surface area contributed by atoms with Gasteiger partial charge in [-0.25, -0.2) is 4.98 Å². The average Bonchev–Trinajstić information content (AvgIpc) is 2.77. The molecular formula is C16H23N3S. The topological polar surface area (TPSA) is 29.9 Å². The fourth-order valence-corrected chi connectivity index (χ4v) is 4.20. The molecule has 1 aliphatic heterocycles. The van der Waals surface area contributed by atoms with Crippen LogP contribution in [0, 0.1) is 6.92 Å². The first-order valence-corrected chi connectivity index (χ1v) is 8.57. The second-order valence-electron chi connectivity index (χ2n) is 5.58. The van der Waals surface area contributed by atoms with E-state index < -0.39 is 0 Å². The van der Waals surface area contributed by atoms with Crippen molar-refractivity contribution in [2.75, 3.05) is 12.3 Å². The number of thioether (sulfide) groups is 1. The molecule has 1 aromatic carbocycles. The highest BCUT2D eigenvalue weighted by Gasteiger charge is 2.20. The normalized spacial score (nSPS) is 23.3. The molecule has 1 fully saturated rings. The van der Waals surface area contributed by atoms with Crippen molar-refractivity contribution >= 4 is 22.8 Å². The Morgan fingerprint density at radius 2 is 2.25 bits per heavy atom. The summed E-state index contributed by atoms with van der Waals surface area (Å²) in [6.45, 7) is 6.47. The number of nitrogens with one attached hydrogen (secondary N) is 1. The highest BCUT2D eigenvalue weighted by atomic mass is 32.2. The molecule has 1 aliphatic rings. The molecule has 0 saturated carbocycles. The first kappa shape index (κ1) is 14.0. The lowest BCUT2D eigenvalue weighted by molar-refractivity contribution is 0.448. The predicted octanol–water partition coefficient (Wildman–Crippen LogP) is 3.22. The van der Waals surface area contributed by atoms with E-state index in [1.807, 2.05) is 0 Å². The first-order chi connectivity index (χ1) is 9.75. The molecule has 1 aromatic heterocycles. The molecule has 2 heterocycles. The standard InChI is InChI=1S/C16H23N3S/c1-12-14(7-5-11-20-12)17-9-10-19-13(2)18-15-6-3-4-8-16(15)19/h3-4,6,8,12,14,17H,5,7,9-11H2,1-2H3. The van der Waals surface area contributed by atoms with Gasteiger partial charge in [-0.3, -0.25) is 0 Å². The van der Waals surface area contributed by atoms with Crippen LogP contribution in [0.5, 0.6) is 0 Å². The van der Waals surface area contributed by atoms with Crippen molar-refractivity contribution in [1.29, 1.82) is 0 Å². The third-order valence-corrected chi connectivity index (χ3v) is 5.57. The molecule has 108 valence electrons. The quantitative estimate of drug-likeness (QED) is 0.937. The number of nitrogens with zero attached hydrogens (tertiary/aromatic N) is 2. The minimum absolute atomic E-state index is 0.670. The van der Waals surface area contributed by atoms with Gasteiger partial charge in [0.1, 0.15) is 5.82 Å². The average molecular weight is 289 g/mol. The molecule has 2 aromatic rings. The molecule has 0 amide bonds. The van der Waals surface area contributed by atoms with Gasteiger partial charge in [-0.05, 0) is 37.7 Å². The van der Waals surface area contributed by atoms with Gasteiger partial charge in [-0.2, -0.15) is 11.8 Å². The zero-order valence-electron chi connectivity index (χ0n) is 12.3. The summed E-state index contributed by atoms with van der Waals surface area (Å²) < 4.78 is 2.32. The van der Waals surface area contributed by atoms with Crippen molar-refractivity contribution < 1.29 is 0 Å². The lowest BCUT2D eigenvalue weighted by Gasteiger charge is -2.29. The third kappa shape index (κ3) is 2.86. The minimum atomic E-state index is 0.670. The van der Waals surface area contributed by atoms with Gasteiger partial charge in [0, 0.05) is 24.4 Å². The van der Waals surface area contributed by atoms with E-state index in [1.165, 1.54) is 24.1 Å². The summed E-state index contributed by atoms with van der Waals surface area (Å²) in [7, 11) is 0. The monoisotopic (exact) mass is 289 g/mol. The Kier molecular flexibility index (Phi) is 4.32. The minimum Gasteiger partial charge on any atom is -0.327 e. The second-order valence-corrected chi connectivity index (χ2v) is 7.06. The van der Waals surface area contributed by atoms with Crippen LogP contribution in [-0.2, 0) is 6.54 Å². The van der Waals surface area contributed by atoms with Crippen LogP contribution in [-0.4, -0.2) is 33.1 Å². The SMILES string of the molecule is Cc1nc2ccccc2n1CCNC1CCCSC1C. The summed E-state index contributed by atoms with van der Waals surface area (Å²) in [5.41, 5.74) is 2.35. The number of benzene rings is 1. The van der Waals surface area contributed by atoms with Crippen molar-refractivity contribution in [3.63, 3.8) is 0 Å². The highest BCUT2D eigenvalue weighted by molar-refractivity contribution is 7.99. The fraction of sp³-hybridized carbons (Fsp3) is 0.562. The largest absolute Gasteiger partial charge is 0.327 e. The van der Waals surface area contributed by atoms with E-state index in [2.05, 4.69) is 64.7 Å². The zero-order valence-corrected chi connectivity index (χ0v) is 13.1. The molecule has 4 heteroatoms. The summed E-state index contributed by atoms with van der Waals surface area (Å²) in [5, 5.41) is 4.47. The van der Waals surface area contributed by atoms with Crippen LogP contribution in [0.1, 0.15) is 25.6 Å². The Labute approximate surface area is 125 Å². The molecule has 0 spiro atoms. The lowest BCUT2D eigenvalue weighted by atomic mass is 10.1. The maximum atomic E-state index is 4.62. The maximum Gasteiger partial charge on any atom is 0.106 e. The van der Waals surface area contributed by atoms with E-state index in [0.29, 0.717) is 6.04 Å². The van der Waals surface area contributed by atoms with Gasteiger partial charge in [-0.15, -0.1) is 0 Å². The van der Waals surface area contributed by atoms with E-state index in [9.17, 15) is 0 Å². The molecule has 20 heavy (non-hydrogen) atoms. The number of hydrogen-bond donors (Lipinski definition) is 1. The van der Waals surface area contributed by atoms with Crippen molar-refractivity contribution in [3.8, 4) is 0 Å². The van der Waals surface area contributed by atoms with E-state index in [4.69, 9.17) is 0 Å². The molecule has 3 nitrogen and oxygen atoms in total. The summed E-state index contributed by atoms with van der Waals surface area (Å²) >= 11 is 2.10. The van der Waals surface area contributed by atoms with Crippen molar-refractivity contribution in [2.24, 2.45) is 0 Å². The predicted molar refractivity (Wildman–Crippen MR) is 87.4 cm³/mol. The van der Waals surface area contributed by atoms with E-state index >= 15 is 0 Å². The van der Waals surface area contributed by atoms with E-state index in [0.717, 1.165) is 29.7 Å². The fourth-order valence-electron chi connectivity index (χ4n) is 3.03. The second kappa shape index (κ2) is 6.19. The van der Waals surface area contributed by atoms with Gasteiger partial charge in [0.25, 0.3) is 0 Å². The summed E-state index contributed by atoms with van der Waals surface area (Å²) in [6.07, 6.45) is 2.66. The summed E-state index contributed by atoms with van der Waals surface area (Å²) in [6, 6.07) is 9.07. The van der Waals surface area contributed by atoms with Crippen LogP contribution in [0.15, 0.2) is 24.3 Å². The van der Waals surface area contributed by atoms with Gasteiger partial charge in [0.05, 0.1) is 11.0 Å². The number of aryl methyl sites for hydroxylation is 1. The van der Waals surface area contributed by atoms with Crippen LogP contribution in [0.25, 0.3) is 11.0 Å². The maximum absolute atomic E-state index is 4.62. The molecule has 2 unspecified atom stereocenters. The number of fused-ring (bicyclic) bond motifs is 1. The Bertz CT molecular complexity index is 578. The Hall–Kier alpha value is -1.00. The van der Waals surface area contributed by atoms with Crippen LogP contribution < -0.4 is 5.32 Å². The number of hydrogen-bond acceptors (Lipinski definition) is 3. The summed E-state index contributed by atoms with van der Waals surface area (Å²) in [5.74, 6) is 2.43. The van der Waals surface area contributed by atoms with Crippen LogP contribution in [0.3, 0.4) is 0 Å². The lowest BCUT2D eigenvalue weighted by Crippen LogP contribution is -2.40. The molecule has 1 saturated heterocycles.